The van der Waals surface area contributed by atoms with Gasteiger partial charge in [-0.05, 0) is 0 Å². The van der Waals surface area contributed by atoms with Gasteiger partial charge in [0, 0.05) is 13.6 Å². The van der Waals surface area contributed by atoms with Gasteiger partial charge in [0.2, 0.25) is 0 Å². The molecule has 0 aromatic rings. The van der Waals surface area contributed by atoms with Crippen LogP contribution >= 0.6 is 0 Å². The number of aliphatic hydroxyl groups excluding tert-OH is 1. The van der Waals surface area contributed by atoms with Crippen LogP contribution < -0.4 is 0 Å². The molecule has 0 unspecified atom stereocenters. The number of aliphatic hydroxyl groups is 1. The molecule has 0 rings (SSSR count). The van der Waals surface area contributed by atoms with Gasteiger partial charge in [0.15, 0.2) is 0 Å². The number of likely N-dealkylation sites (N-methyl/N-ethyl adjacent to an activating group) is 1. The van der Waals surface area contributed by atoms with Crippen LogP contribution in [0.25, 0.3) is 0 Å². The molecule has 4 nitrogen and oxygen atoms in total. The lowest BCUT2D eigenvalue weighted by atomic mass is 10.7. The van der Waals surface area contributed by atoms with Crippen molar-refractivity contribution in [2.45, 2.75) is 0 Å². The van der Waals surface area contributed by atoms with Crippen LogP contribution in [0.2, 0.25) is 0 Å². The molecule has 0 saturated carbocycles. The number of hydroxylamine groups is 2. The van der Waals surface area contributed by atoms with Gasteiger partial charge in [-0.1, -0.05) is 0 Å². The molecule has 0 atom stereocenters. The van der Waals surface area contributed by atoms with E-state index in [1.54, 1.807) is 7.05 Å². The van der Waals surface area contributed by atoms with Gasteiger partial charge in [-0.3, -0.25) is 0 Å². The van der Waals surface area contributed by atoms with Crippen molar-refractivity contribution >= 4 is 0 Å². The average Bonchev–Trinajstić information content (AvgIpc) is 1.80. The Kier molecular flexibility index (Phi) is 5.86. The van der Waals surface area contributed by atoms with Crippen molar-refractivity contribution in [3.8, 4) is 0 Å². The lowest BCUT2D eigenvalue weighted by Gasteiger charge is -2.06. The molecule has 0 amide bonds. The van der Waals surface area contributed by atoms with Crippen molar-refractivity contribution in [1.29, 1.82) is 0 Å². The fourth-order valence-electron chi connectivity index (χ4n) is 0.363. The van der Waals surface area contributed by atoms with Crippen LogP contribution in [0.5, 0.6) is 0 Å². The van der Waals surface area contributed by atoms with Gasteiger partial charge in [0.25, 0.3) is 0 Å². The van der Waals surface area contributed by atoms with E-state index in [1.165, 1.54) is 0 Å². The Labute approximate surface area is 54.6 Å². The zero-order valence-corrected chi connectivity index (χ0v) is 5.58. The fraction of sp³-hybridized carbons (Fsp3) is 1.00. The van der Waals surface area contributed by atoms with Crippen LogP contribution in [-0.4, -0.2) is 48.8 Å². The van der Waals surface area contributed by atoms with Crippen molar-refractivity contribution in [3.63, 3.8) is 0 Å². The Morgan fingerprint density at radius 2 is 2.11 bits per heavy atom. The molecule has 0 aliphatic carbocycles. The smallest absolute Gasteiger partial charge is 0.0698 e. The maximum atomic E-state index is 8.54. The average molecular weight is 135 g/mol. The van der Waals surface area contributed by atoms with Crippen molar-refractivity contribution in [2.75, 3.05) is 33.4 Å². The van der Waals surface area contributed by atoms with Gasteiger partial charge in [-0.15, -0.1) is 0 Å². The highest BCUT2D eigenvalue weighted by atomic mass is 16.5. The fourth-order valence-corrected chi connectivity index (χ4v) is 0.363. The van der Waals surface area contributed by atoms with Crippen LogP contribution in [-0.2, 0) is 4.74 Å². The number of hydrogen-bond donors (Lipinski definition) is 2. The first-order valence-corrected chi connectivity index (χ1v) is 2.86. The summed E-state index contributed by atoms with van der Waals surface area (Å²) in [7, 11) is 1.54. The van der Waals surface area contributed by atoms with Crippen LogP contribution in [0.4, 0.5) is 0 Å². The number of rotatable bonds is 5. The molecule has 9 heavy (non-hydrogen) atoms. The van der Waals surface area contributed by atoms with Crippen LogP contribution in [0.3, 0.4) is 0 Å². The maximum absolute atomic E-state index is 8.54. The molecule has 4 heteroatoms. The van der Waals surface area contributed by atoms with E-state index < -0.39 is 0 Å². The summed E-state index contributed by atoms with van der Waals surface area (Å²) in [6.45, 7) is 1.30. The first-order chi connectivity index (χ1) is 4.27. The maximum Gasteiger partial charge on any atom is 0.0698 e. The van der Waals surface area contributed by atoms with Gasteiger partial charge >= 0.3 is 0 Å². The molecule has 0 heterocycles. The highest BCUT2D eigenvalue weighted by Crippen LogP contribution is 1.76. The Hall–Kier alpha value is -0.160. The number of ether oxygens (including phenoxy) is 1. The second-order valence-electron chi connectivity index (χ2n) is 1.72. The molecule has 0 aliphatic rings. The monoisotopic (exact) mass is 135 g/mol. The third kappa shape index (κ3) is 7.84. The van der Waals surface area contributed by atoms with Crippen molar-refractivity contribution < 1.29 is 15.1 Å². The van der Waals surface area contributed by atoms with Gasteiger partial charge in [-0.2, -0.15) is 5.06 Å². The summed E-state index contributed by atoms with van der Waals surface area (Å²) in [5.41, 5.74) is 0. The molecule has 2 N–H and O–H groups in total. The van der Waals surface area contributed by atoms with Gasteiger partial charge in [-0.25, -0.2) is 0 Å². The standard InChI is InChI=1S/C5H13NO3/c1-6(8)2-4-9-5-3-7/h7-8H,2-5H2,1H3. The van der Waals surface area contributed by atoms with E-state index in [1.807, 2.05) is 0 Å². The molecule has 0 aromatic carbocycles. The van der Waals surface area contributed by atoms with Gasteiger partial charge < -0.3 is 15.1 Å². The molecule has 0 saturated heterocycles. The second kappa shape index (κ2) is 5.97. The van der Waals surface area contributed by atoms with E-state index in [9.17, 15) is 0 Å². The normalized spacial score (nSPS) is 10.7. The van der Waals surface area contributed by atoms with E-state index in [2.05, 4.69) is 0 Å². The Bertz CT molecular complexity index is 58.2. The minimum atomic E-state index is 0.0368. The second-order valence-corrected chi connectivity index (χ2v) is 1.72. The van der Waals surface area contributed by atoms with Crippen LogP contribution in [0.1, 0.15) is 0 Å². The van der Waals surface area contributed by atoms with Crippen LogP contribution in [0, 0.1) is 0 Å². The van der Waals surface area contributed by atoms with E-state index in [4.69, 9.17) is 15.1 Å². The molecule has 0 aromatic heterocycles. The van der Waals surface area contributed by atoms with Crippen molar-refractivity contribution in [2.24, 2.45) is 0 Å². The molecule has 0 spiro atoms. The Balaban J connectivity index is 2.75. The van der Waals surface area contributed by atoms with Gasteiger partial charge in [0.1, 0.15) is 0 Å². The molecule has 0 bridgehead atoms. The molecular weight excluding hydrogens is 122 g/mol. The summed E-state index contributed by atoms with van der Waals surface area (Å²) in [4.78, 5) is 0. The van der Waals surface area contributed by atoms with Gasteiger partial charge in [0.05, 0.1) is 19.8 Å². The third-order valence-electron chi connectivity index (χ3n) is 0.795. The Morgan fingerprint density at radius 3 is 2.56 bits per heavy atom. The summed E-state index contributed by atoms with van der Waals surface area (Å²) < 4.78 is 4.84. The largest absolute Gasteiger partial charge is 0.394 e. The predicted molar refractivity (Wildman–Crippen MR) is 32.3 cm³/mol. The van der Waals surface area contributed by atoms with Crippen molar-refractivity contribution in [3.05, 3.63) is 0 Å². The zero-order valence-electron chi connectivity index (χ0n) is 5.58. The van der Waals surface area contributed by atoms with Crippen LogP contribution in [0.15, 0.2) is 0 Å². The molecular formula is C5H13NO3. The highest BCUT2D eigenvalue weighted by molar-refractivity contribution is 4.33. The molecule has 0 aliphatic heterocycles. The number of hydrogen-bond acceptors (Lipinski definition) is 4. The van der Waals surface area contributed by atoms with E-state index >= 15 is 0 Å². The summed E-state index contributed by atoms with van der Waals surface area (Å²) in [5.74, 6) is 0. The first-order valence-electron chi connectivity index (χ1n) is 2.86. The lowest BCUT2D eigenvalue weighted by molar-refractivity contribution is -0.0817. The number of nitrogens with zero attached hydrogens (tertiary/aromatic N) is 1. The van der Waals surface area contributed by atoms with E-state index in [0.717, 1.165) is 5.06 Å². The summed E-state index contributed by atoms with van der Waals surface area (Å²) in [6.07, 6.45) is 0. The van der Waals surface area contributed by atoms with E-state index in [0.29, 0.717) is 19.8 Å². The first kappa shape index (κ1) is 8.84. The third-order valence-corrected chi connectivity index (χ3v) is 0.795. The minimum Gasteiger partial charge on any atom is -0.394 e. The predicted octanol–water partition coefficient (Wildman–Crippen LogP) is -0.684. The molecule has 0 fully saturated rings. The molecule has 56 valence electrons. The molecule has 0 radical (unpaired) electrons. The van der Waals surface area contributed by atoms with Crippen molar-refractivity contribution in [1.82, 2.24) is 5.06 Å². The van der Waals surface area contributed by atoms with E-state index in [-0.39, 0.29) is 6.61 Å². The summed E-state index contributed by atoms with van der Waals surface area (Å²) >= 11 is 0. The topological polar surface area (TPSA) is 52.9 Å². The highest BCUT2D eigenvalue weighted by Gasteiger charge is 1.89. The minimum absolute atomic E-state index is 0.0368. The zero-order chi connectivity index (χ0) is 7.11. The lowest BCUT2D eigenvalue weighted by Crippen LogP contribution is -2.19. The quantitative estimate of drug-likeness (QED) is 0.387. The summed E-state index contributed by atoms with van der Waals surface area (Å²) in [5, 5.41) is 17.8. The summed E-state index contributed by atoms with van der Waals surface area (Å²) in [6, 6.07) is 0. The Morgan fingerprint density at radius 1 is 1.44 bits per heavy atom. The SMILES string of the molecule is CN(O)CCOCCO.